The van der Waals surface area contributed by atoms with Gasteiger partial charge < -0.3 is 4.74 Å². The van der Waals surface area contributed by atoms with Crippen molar-refractivity contribution in [2.45, 2.75) is 46.3 Å². The van der Waals surface area contributed by atoms with E-state index in [9.17, 15) is 0 Å². The monoisotopic (exact) mass is 243 g/mol. The van der Waals surface area contributed by atoms with Crippen molar-refractivity contribution >= 4 is 11.6 Å². The van der Waals surface area contributed by atoms with Crippen molar-refractivity contribution in [3.05, 3.63) is 11.1 Å². The minimum atomic E-state index is 0.0901. The normalized spacial score (nSPS) is 27.8. The van der Waals surface area contributed by atoms with E-state index in [1.54, 1.807) is 0 Å². The zero-order valence-corrected chi connectivity index (χ0v) is 11.0. The molecule has 2 unspecified atom stereocenters. The Kier molecular flexibility index (Phi) is 2.97. The first-order chi connectivity index (χ1) is 7.48. The van der Waals surface area contributed by atoms with Crippen LogP contribution in [0.5, 0.6) is 0 Å². The summed E-state index contributed by atoms with van der Waals surface area (Å²) in [6, 6.07) is 0.339. The fourth-order valence-corrected chi connectivity index (χ4v) is 2.76. The Bertz CT molecular complexity index is 369. The van der Waals surface area contributed by atoms with Crippen molar-refractivity contribution in [2.75, 3.05) is 6.61 Å². The molecule has 4 nitrogen and oxygen atoms in total. The van der Waals surface area contributed by atoms with Crippen LogP contribution < -0.4 is 0 Å². The highest BCUT2D eigenvalue weighted by Crippen LogP contribution is 2.52. The van der Waals surface area contributed by atoms with Crippen LogP contribution in [0, 0.1) is 12.3 Å². The number of nitrogens with zero attached hydrogens (tertiary/aromatic N) is 3. The molecule has 0 saturated heterocycles. The van der Waals surface area contributed by atoms with Gasteiger partial charge in [0.1, 0.15) is 5.82 Å². The van der Waals surface area contributed by atoms with Gasteiger partial charge in [0.2, 0.25) is 5.28 Å². The molecule has 1 aliphatic carbocycles. The Labute approximate surface area is 101 Å². The van der Waals surface area contributed by atoms with Crippen LogP contribution in [0.15, 0.2) is 0 Å². The molecule has 1 heterocycles. The molecular formula is C11H18ClN3O. The zero-order chi connectivity index (χ0) is 11.9. The third-order valence-electron chi connectivity index (χ3n) is 3.63. The van der Waals surface area contributed by atoms with E-state index in [-0.39, 0.29) is 5.41 Å². The minimum absolute atomic E-state index is 0.0901. The molecule has 0 aliphatic heterocycles. The Balaban J connectivity index is 2.20. The van der Waals surface area contributed by atoms with Gasteiger partial charge in [0, 0.05) is 18.1 Å². The smallest absolute Gasteiger partial charge is 0.225 e. The van der Waals surface area contributed by atoms with Crippen LogP contribution in [0.1, 0.15) is 39.1 Å². The highest BCUT2D eigenvalue weighted by Gasteiger charge is 2.50. The highest BCUT2D eigenvalue weighted by atomic mass is 35.5. The van der Waals surface area contributed by atoms with Crippen LogP contribution in [-0.2, 0) is 4.74 Å². The summed E-state index contributed by atoms with van der Waals surface area (Å²) in [7, 11) is 0. The van der Waals surface area contributed by atoms with E-state index >= 15 is 0 Å². The van der Waals surface area contributed by atoms with Crippen LogP contribution in [0.25, 0.3) is 0 Å². The van der Waals surface area contributed by atoms with Gasteiger partial charge in [-0.05, 0) is 31.9 Å². The molecule has 1 saturated carbocycles. The predicted octanol–water partition coefficient (Wildman–Crippen LogP) is 2.62. The highest BCUT2D eigenvalue weighted by molar-refractivity contribution is 6.28. The van der Waals surface area contributed by atoms with E-state index in [0.717, 1.165) is 18.9 Å². The summed E-state index contributed by atoms with van der Waals surface area (Å²) in [5.74, 6) is 0.873. The van der Waals surface area contributed by atoms with Crippen molar-refractivity contribution in [1.29, 1.82) is 0 Å². The van der Waals surface area contributed by atoms with Crippen LogP contribution >= 0.6 is 11.6 Å². The molecule has 90 valence electrons. The maximum absolute atomic E-state index is 6.05. The second-order valence-electron chi connectivity index (χ2n) is 4.90. The summed E-state index contributed by atoms with van der Waals surface area (Å²) in [6.45, 7) is 9.13. The van der Waals surface area contributed by atoms with E-state index in [1.165, 1.54) is 0 Å². The summed E-state index contributed by atoms with van der Waals surface area (Å²) in [5, 5.41) is 8.37. The Morgan fingerprint density at radius 2 is 2.19 bits per heavy atom. The Hall–Kier alpha value is -0.610. The van der Waals surface area contributed by atoms with Crippen molar-refractivity contribution in [3.8, 4) is 0 Å². The molecule has 1 aliphatic rings. The first kappa shape index (κ1) is 11.9. The van der Waals surface area contributed by atoms with Gasteiger partial charge in [0.25, 0.3) is 0 Å². The molecular weight excluding hydrogens is 226 g/mol. The molecule has 1 aromatic heterocycles. The second-order valence-corrected chi connectivity index (χ2v) is 5.24. The van der Waals surface area contributed by atoms with Gasteiger partial charge >= 0.3 is 0 Å². The molecule has 1 fully saturated rings. The largest absolute Gasteiger partial charge is 0.378 e. The van der Waals surface area contributed by atoms with Gasteiger partial charge in [0.05, 0.1) is 6.10 Å². The molecule has 0 radical (unpaired) electrons. The summed E-state index contributed by atoms with van der Waals surface area (Å²) < 4.78 is 7.71. The third-order valence-corrected chi connectivity index (χ3v) is 3.89. The van der Waals surface area contributed by atoms with E-state index < -0.39 is 0 Å². The molecule has 2 rings (SSSR count). The van der Waals surface area contributed by atoms with E-state index in [0.29, 0.717) is 17.4 Å². The van der Waals surface area contributed by atoms with Crippen molar-refractivity contribution < 1.29 is 4.74 Å². The number of ether oxygens (including phenoxy) is 1. The standard InChI is InChI=1S/C11H18ClN3O/c1-5-16-9-6-8(11(9,3)4)15-7(2)13-14-10(15)12/h8-9H,5-6H2,1-4H3. The number of halogens is 1. The van der Waals surface area contributed by atoms with Gasteiger partial charge in [0.15, 0.2) is 0 Å². The Morgan fingerprint density at radius 3 is 2.62 bits per heavy atom. The molecule has 0 amide bonds. The first-order valence-electron chi connectivity index (χ1n) is 5.67. The lowest BCUT2D eigenvalue weighted by molar-refractivity contribution is -0.128. The number of aryl methyl sites for hydroxylation is 1. The number of hydrogen-bond acceptors (Lipinski definition) is 3. The zero-order valence-electron chi connectivity index (χ0n) is 10.2. The lowest BCUT2D eigenvalue weighted by Crippen LogP contribution is -2.51. The first-order valence-corrected chi connectivity index (χ1v) is 6.04. The van der Waals surface area contributed by atoms with Crippen molar-refractivity contribution in [1.82, 2.24) is 14.8 Å². The summed E-state index contributed by atoms with van der Waals surface area (Å²) in [4.78, 5) is 0. The minimum Gasteiger partial charge on any atom is -0.378 e. The molecule has 1 aromatic rings. The number of rotatable bonds is 3. The fourth-order valence-electron chi connectivity index (χ4n) is 2.48. The molecule has 0 spiro atoms. The topological polar surface area (TPSA) is 39.9 Å². The van der Waals surface area contributed by atoms with Gasteiger partial charge in [-0.2, -0.15) is 0 Å². The molecule has 0 bridgehead atoms. The second kappa shape index (κ2) is 4.00. The van der Waals surface area contributed by atoms with Crippen LogP contribution in [-0.4, -0.2) is 27.5 Å². The quantitative estimate of drug-likeness (QED) is 0.819. The van der Waals surface area contributed by atoms with Crippen molar-refractivity contribution in [2.24, 2.45) is 5.41 Å². The summed E-state index contributed by atoms with van der Waals surface area (Å²) >= 11 is 6.05. The maximum Gasteiger partial charge on any atom is 0.225 e. The lowest BCUT2D eigenvalue weighted by atomic mass is 9.64. The van der Waals surface area contributed by atoms with Crippen LogP contribution in [0.2, 0.25) is 5.28 Å². The van der Waals surface area contributed by atoms with Gasteiger partial charge in [-0.1, -0.05) is 13.8 Å². The van der Waals surface area contributed by atoms with E-state index in [2.05, 4.69) is 24.0 Å². The number of aromatic nitrogens is 3. The lowest BCUT2D eigenvalue weighted by Gasteiger charge is -2.52. The average Bonchev–Trinajstić information content (AvgIpc) is 2.54. The predicted molar refractivity (Wildman–Crippen MR) is 62.6 cm³/mol. The Morgan fingerprint density at radius 1 is 1.50 bits per heavy atom. The average molecular weight is 244 g/mol. The molecule has 5 heteroatoms. The third kappa shape index (κ3) is 1.64. The molecule has 2 atom stereocenters. The van der Waals surface area contributed by atoms with Crippen molar-refractivity contribution in [3.63, 3.8) is 0 Å². The SMILES string of the molecule is CCOC1CC(n2c(C)nnc2Cl)C1(C)C. The molecule has 16 heavy (non-hydrogen) atoms. The molecule has 0 aromatic carbocycles. The molecule has 0 N–H and O–H groups in total. The van der Waals surface area contributed by atoms with Crippen LogP contribution in [0.4, 0.5) is 0 Å². The van der Waals surface area contributed by atoms with E-state index in [1.807, 2.05) is 18.4 Å². The number of hydrogen-bond donors (Lipinski definition) is 0. The van der Waals surface area contributed by atoms with Gasteiger partial charge in [-0.3, -0.25) is 4.57 Å². The summed E-state index contributed by atoms with van der Waals surface area (Å²) in [5.41, 5.74) is 0.0901. The maximum atomic E-state index is 6.05. The van der Waals surface area contributed by atoms with Gasteiger partial charge in [-0.15, -0.1) is 10.2 Å². The summed E-state index contributed by atoms with van der Waals surface area (Å²) in [6.07, 6.45) is 1.29. The van der Waals surface area contributed by atoms with Crippen LogP contribution in [0.3, 0.4) is 0 Å². The fraction of sp³-hybridized carbons (Fsp3) is 0.818. The van der Waals surface area contributed by atoms with Gasteiger partial charge in [-0.25, -0.2) is 0 Å². The van der Waals surface area contributed by atoms with E-state index in [4.69, 9.17) is 16.3 Å².